The van der Waals surface area contributed by atoms with Crippen molar-refractivity contribution in [2.75, 3.05) is 0 Å². The van der Waals surface area contributed by atoms with Gasteiger partial charge in [-0.25, -0.2) is 4.98 Å². The molecule has 1 N–H and O–H groups in total. The summed E-state index contributed by atoms with van der Waals surface area (Å²) < 4.78 is 2.05. The van der Waals surface area contributed by atoms with Crippen molar-refractivity contribution in [3.05, 3.63) is 35.8 Å². The summed E-state index contributed by atoms with van der Waals surface area (Å²) in [6, 6.07) is 6.02. The number of nitrogens with one attached hydrogen (secondary N) is 1. The molecule has 0 saturated heterocycles. The van der Waals surface area contributed by atoms with E-state index in [0.717, 1.165) is 29.9 Å². The lowest BCUT2D eigenvalue weighted by Gasteiger charge is -2.23. The first-order valence-corrected chi connectivity index (χ1v) is 6.45. The number of imidazole rings is 1. The normalized spacial score (nSPS) is 15.6. The molecule has 4 nitrogen and oxygen atoms in total. The van der Waals surface area contributed by atoms with Gasteiger partial charge in [0.05, 0.1) is 12.2 Å². The molecule has 0 atom stereocenters. The minimum absolute atomic E-state index is 0.176. The highest BCUT2D eigenvalue weighted by Gasteiger charge is 2.24. The van der Waals surface area contributed by atoms with Gasteiger partial charge in [-0.3, -0.25) is 4.79 Å². The van der Waals surface area contributed by atoms with Gasteiger partial charge in [0.25, 0.3) is 0 Å². The van der Waals surface area contributed by atoms with Crippen molar-refractivity contribution in [1.82, 2.24) is 14.7 Å². The van der Waals surface area contributed by atoms with Gasteiger partial charge in [0, 0.05) is 17.8 Å². The van der Waals surface area contributed by atoms with E-state index in [1.807, 2.05) is 35.7 Å². The number of nitrogens with zero attached hydrogens (tertiary/aromatic N) is 2. The molecule has 0 aliphatic heterocycles. The van der Waals surface area contributed by atoms with Crippen LogP contribution in [0.15, 0.2) is 24.4 Å². The summed E-state index contributed by atoms with van der Waals surface area (Å²) >= 11 is 0. The molecule has 0 aromatic carbocycles. The Kier molecular flexibility index (Phi) is 2.78. The van der Waals surface area contributed by atoms with Crippen LogP contribution in [-0.4, -0.2) is 15.3 Å². The van der Waals surface area contributed by atoms with Gasteiger partial charge >= 0.3 is 0 Å². The monoisotopic (exact) mass is 243 g/mol. The highest BCUT2D eigenvalue weighted by molar-refractivity contribution is 5.79. The molecule has 0 bridgehead atoms. The molecule has 4 heteroatoms. The summed E-state index contributed by atoms with van der Waals surface area (Å²) in [5.74, 6) is 0.416. The van der Waals surface area contributed by atoms with E-state index < -0.39 is 0 Å². The van der Waals surface area contributed by atoms with Gasteiger partial charge in [-0.15, -0.1) is 0 Å². The van der Waals surface area contributed by atoms with Gasteiger partial charge in [-0.05, 0) is 31.9 Å². The zero-order valence-electron chi connectivity index (χ0n) is 10.5. The van der Waals surface area contributed by atoms with E-state index in [9.17, 15) is 4.79 Å². The molecule has 0 spiro atoms. The van der Waals surface area contributed by atoms with Crippen LogP contribution in [0.3, 0.4) is 0 Å². The van der Waals surface area contributed by atoms with Crippen LogP contribution in [0.4, 0.5) is 0 Å². The fraction of sp³-hybridized carbons (Fsp3) is 0.429. The maximum Gasteiger partial charge on any atom is 0.223 e. The Labute approximate surface area is 106 Å². The Balaban J connectivity index is 1.71. The molecule has 2 heterocycles. The summed E-state index contributed by atoms with van der Waals surface area (Å²) in [6.07, 6.45) is 5.25. The zero-order chi connectivity index (χ0) is 12.5. The molecule has 0 radical (unpaired) electrons. The van der Waals surface area contributed by atoms with Crippen molar-refractivity contribution < 1.29 is 4.79 Å². The van der Waals surface area contributed by atoms with Crippen LogP contribution in [0.5, 0.6) is 0 Å². The largest absolute Gasteiger partial charge is 0.350 e. The predicted octanol–water partition coefficient (Wildman–Crippen LogP) is 2.06. The zero-order valence-corrected chi connectivity index (χ0v) is 10.5. The molecule has 1 aliphatic rings. The van der Waals surface area contributed by atoms with Crippen molar-refractivity contribution in [1.29, 1.82) is 0 Å². The molecule has 2 aromatic heterocycles. The first kappa shape index (κ1) is 11.3. The molecule has 3 rings (SSSR count). The predicted molar refractivity (Wildman–Crippen MR) is 69.1 cm³/mol. The highest BCUT2D eigenvalue weighted by Crippen LogP contribution is 2.26. The van der Waals surface area contributed by atoms with Gasteiger partial charge < -0.3 is 9.72 Å². The number of fused-ring (bicyclic) bond motifs is 1. The molecular weight excluding hydrogens is 226 g/mol. The van der Waals surface area contributed by atoms with Crippen molar-refractivity contribution in [3.63, 3.8) is 0 Å². The van der Waals surface area contributed by atoms with Gasteiger partial charge in [0.2, 0.25) is 5.91 Å². The lowest BCUT2D eigenvalue weighted by Crippen LogP contribution is -2.34. The molecule has 2 aromatic rings. The number of carbonyl (C=O) groups excluding carboxylic acids is 1. The fourth-order valence-electron chi connectivity index (χ4n) is 2.28. The minimum atomic E-state index is 0.176. The third-order valence-corrected chi connectivity index (χ3v) is 3.67. The van der Waals surface area contributed by atoms with E-state index in [-0.39, 0.29) is 11.8 Å². The van der Waals surface area contributed by atoms with E-state index in [0.29, 0.717) is 6.54 Å². The summed E-state index contributed by atoms with van der Waals surface area (Å²) in [5.41, 5.74) is 3.00. The van der Waals surface area contributed by atoms with Crippen LogP contribution in [0, 0.1) is 12.8 Å². The SMILES string of the molecule is Cc1cccc2nc(CNC(=O)C3CCC3)cn12. The molecule has 1 aliphatic carbocycles. The van der Waals surface area contributed by atoms with Crippen LogP contribution in [0.2, 0.25) is 0 Å². The Morgan fingerprint density at radius 3 is 3.00 bits per heavy atom. The summed E-state index contributed by atoms with van der Waals surface area (Å²) in [7, 11) is 0. The Hall–Kier alpha value is -1.84. The topological polar surface area (TPSA) is 46.4 Å². The quantitative estimate of drug-likeness (QED) is 0.897. The summed E-state index contributed by atoms with van der Waals surface area (Å²) in [5, 5.41) is 2.97. The minimum Gasteiger partial charge on any atom is -0.350 e. The van der Waals surface area contributed by atoms with Gasteiger partial charge in [-0.2, -0.15) is 0 Å². The maximum atomic E-state index is 11.7. The molecule has 94 valence electrons. The third-order valence-electron chi connectivity index (χ3n) is 3.67. The number of aryl methyl sites for hydroxylation is 1. The first-order chi connectivity index (χ1) is 8.74. The van der Waals surface area contributed by atoms with E-state index in [1.165, 1.54) is 6.42 Å². The Morgan fingerprint density at radius 2 is 2.33 bits per heavy atom. The second kappa shape index (κ2) is 4.44. The number of hydrogen-bond donors (Lipinski definition) is 1. The van der Waals surface area contributed by atoms with E-state index >= 15 is 0 Å². The van der Waals surface area contributed by atoms with Crippen molar-refractivity contribution in [2.24, 2.45) is 5.92 Å². The smallest absolute Gasteiger partial charge is 0.223 e. The number of hydrogen-bond acceptors (Lipinski definition) is 2. The molecule has 18 heavy (non-hydrogen) atoms. The molecular formula is C14H17N3O. The lowest BCUT2D eigenvalue weighted by atomic mass is 9.85. The van der Waals surface area contributed by atoms with Crippen molar-refractivity contribution >= 4 is 11.6 Å². The van der Waals surface area contributed by atoms with Crippen LogP contribution in [0.1, 0.15) is 30.7 Å². The van der Waals surface area contributed by atoms with Gasteiger partial charge in [0.15, 0.2) is 0 Å². The van der Waals surface area contributed by atoms with Crippen molar-refractivity contribution in [2.45, 2.75) is 32.7 Å². The van der Waals surface area contributed by atoms with Crippen molar-refractivity contribution in [3.8, 4) is 0 Å². The number of carbonyl (C=O) groups is 1. The second-order valence-electron chi connectivity index (χ2n) is 4.97. The number of aromatic nitrogens is 2. The number of pyridine rings is 1. The first-order valence-electron chi connectivity index (χ1n) is 6.45. The highest BCUT2D eigenvalue weighted by atomic mass is 16.1. The summed E-state index contributed by atoms with van der Waals surface area (Å²) in [4.78, 5) is 16.2. The fourth-order valence-corrected chi connectivity index (χ4v) is 2.28. The average Bonchev–Trinajstić information content (AvgIpc) is 2.68. The van der Waals surface area contributed by atoms with Crippen LogP contribution < -0.4 is 5.32 Å². The lowest BCUT2D eigenvalue weighted by molar-refractivity contribution is -0.127. The molecule has 1 amide bonds. The van der Waals surface area contributed by atoms with E-state index in [2.05, 4.69) is 10.3 Å². The number of rotatable bonds is 3. The maximum absolute atomic E-state index is 11.7. The molecule has 0 unspecified atom stereocenters. The average molecular weight is 243 g/mol. The van der Waals surface area contributed by atoms with Gasteiger partial charge in [-0.1, -0.05) is 12.5 Å². The Morgan fingerprint density at radius 1 is 1.50 bits per heavy atom. The van der Waals surface area contributed by atoms with Crippen LogP contribution >= 0.6 is 0 Å². The third kappa shape index (κ3) is 1.98. The molecule has 1 saturated carbocycles. The Bertz CT molecular complexity index is 584. The number of amides is 1. The van der Waals surface area contributed by atoms with Gasteiger partial charge in [0.1, 0.15) is 5.65 Å². The van der Waals surface area contributed by atoms with Crippen LogP contribution in [-0.2, 0) is 11.3 Å². The molecule has 1 fully saturated rings. The van der Waals surface area contributed by atoms with Crippen LogP contribution in [0.25, 0.3) is 5.65 Å². The van der Waals surface area contributed by atoms with E-state index in [1.54, 1.807) is 0 Å². The second-order valence-corrected chi connectivity index (χ2v) is 4.97. The standard InChI is InChI=1S/C14H17N3O/c1-10-4-2-7-13-16-12(9-17(10)13)8-15-14(18)11-5-3-6-11/h2,4,7,9,11H,3,5-6,8H2,1H3,(H,15,18). The summed E-state index contributed by atoms with van der Waals surface area (Å²) in [6.45, 7) is 2.57. The van der Waals surface area contributed by atoms with E-state index in [4.69, 9.17) is 0 Å².